The minimum atomic E-state index is -1.60. The number of β-lactam (4-membered cyclic amide) rings is 1. The van der Waals surface area contributed by atoms with Crippen molar-refractivity contribution in [3.63, 3.8) is 0 Å². The highest BCUT2D eigenvalue weighted by Gasteiger charge is 2.65. The molecule has 0 saturated carbocycles. The number of hydrazine groups is 1. The maximum atomic E-state index is 12.8. The summed E-state index contributed by atoms with van der Waals surface area (Å²) in [6, 6.07) is 3.61. The Morgan fingerprint density at radius 3 is 2.79 bits per heavy atom. The molecule has 0 unspecified atom stereocenters. The average molecular weight is 426 g/mol. The smallest absolute Gasteiger partial charge is 0.352 e. The van der Waals surface area contributed by atoms with Gasteiger partial charge in [0.15, 0.2) is 0 Å². The van der Waals surface area contributed by atoms with Crippen LogP contribution in [-0.4, -0.2) is 57.2 Å². The van der Waals surface area contributed by atoms with E-state index in [1.807, 2.05) is 11.4 Å². The van der Waals surface area contributed by atoms with E-state index in [1.54, 1.807) is 6.07 Å². The third-order valence-corrected chi connectivity index (χ3v) is 6.56. The number of nitrogens with two attached hydrogens (primary N) is 1. The Balaban J connectivity index is 1.81. The van der Waals surface area contributed by atoms with Crippen LogP contribution in [-0.2, 0) is 30.3 Å². The predicted octanol–water partition coefficient (Wildman–Crippen LogP) is -0.617. The maximum absolute atomic E-state index is 12.8. The van der Waals surface area contributed by atoms with Crippen molar-refractivity contribution in [2.45, 2.75) is 24.4 Å². The predicted molar refractivity (Wildman–Crippen MR) is 101 cm³/mol. The van der Waals surface area contributed by atoms with Crippen molar-refractivity contribution in [1.82, 2.24) is 15.6 Å². The van der Waals surface area contributed by atoms with E-state index in [0.29, 0.717) is 5.57 Å². The van der Waals surface area contributed by atoms with Crippen molar-refractivity contribution in [2.24, 2.45) is 5.84 Å². The number of carbonyl (C=O) groups is 4. The molecule has 0 bridgehead atoms. The third-order valence-electron chi connectivity index (χ3n) is 4.28. The van der Waals surface area contributed by atoms with Crippen molar-refractivity contribution >= 4 is 46.9 Å². The summed E-state index contributed by atoms with van der Waals surface area (Å²) in [4.78, 5) is 49.9. The molecule has 1 aromatic rings. The van der Waals surface area contributed by atoms with E-state index in [2.05, 4.69) is 10.7 Å². The van der Waals surface area contributed by atoms with E-state index in [0.717, 1.165) is 9.78 Å². The Morgan fingerprint density at radius 2 is 2.21 bits per heavy atom. The van der Waals surface area contributed by atoms with E-state index < -0.39 is 34.8 Å². The molecule has 5 N–H and O–H groups in total. The molecule has 3 rings (SSSR count). The van der Waals surface area contributed by atoms with Gasteiger partial charge in [0.1, 0.15) is 17.7 Å². The SMILES string of the molecule is CC(=O)OCC1=C(C(=O)O)N2C(=O)[C@@](NN)(NC(=O)Cc3cccs3)[C@H]2SC1. The number of nitrogens with one attached hydrogen (secondary N) is 2. The molecule has 2 aliphatic rings. The quantitative estimate of drug-likeness (QED) is 0.147. The fraction of sp³-hybridized carbons (Fsp3) is 0.375. The Labute approximate surface area is 168 Å². The van der Waals surface area contributed by atoms with Crippen molar-refractivity contribution in [3.05, 3.63) is 33.7 Å². The molecule has 1 aromatic heterocycles. The van der Waals surface area contributed by atoms with Crippen LogP contribution >= 0.6 is 23.1 Å². The van der Waals surface area contributed by atoms with Gasteiger partial charge in [-0.25, -0.2) is 10.2 Å². The number of esters is 1. The number of amides is 2. The Kier molecular flexibility index (Phi) is 5.74. The average Bonchev–Trinajstić information content (AvgIpc) is 3.15. The second-order valence-electron chi connectivity index (χ2n) is 6.13. The summed E-state index contributed by atoms with van der Waals surface area (Å²) in [6.45, 7) is 0.981. The molecule has 2 aliphatic heterocycles. The number of thioether (sulfide) groups is 1. The Hall–Kier alpha value is -2.41. The number of carboxylic acids is 1. The van der Waals surface area contributed by atoms with Gasteiger partial charge in [0, 0.05) is 23.1 Å². The summed E-state index contributed by atoms with van der Waals surface area (Å²) in [6.07, 6.45) is 0.0745. The highest BCUT2D eigenvalue weighted by molar-refractivity contribution is 8.00. The molecule has 10 nitrogen and oxygen atoms in total. The monoisotopic (exact) mass is 426 g/mol. The Morgan fingerprint density at radius 1 is 1.46 bits per heavy atom. The molecule has 1 saturated heterocycles. The minimum Gasteiger partial charge on any atom is -0.477 e. The van der Waals surface area contributed by atoms with Crippen molar-refractivity contribution in [2.75, 3.05) is 12.4 Å². The largest absolute Gasteiger partial charge is 0.477 e. The number of thiophene rings is 1. The zero-order valence-electron chi connectivity index (χ0n) is 14.8. The lowest BCUT2D eigenvalue weighted by atomic mass is 9.95. The van der Waals surface area contributed by atoms with Crippen LogP contribution in [0.25, 0.3) is 0 Å². The van der Waals surface area contributed by atoms with Crippen LogP contribution in [0.1, 0.15) is 11.8 Å². The standard InChI is InChI=1S/C16H18N4O6S2/c1-8(21)26-6-9-7-28-15-16(19-17,14(25)20(15)12(9)13(23)24)18-11(22)5-10-3-2-4-27-10/h2-4,15,19H,5-7,17H2,1H3,(H,18,22)(H,23,24)/t15-,16+/m1/s1. The van der Waals surface area contributed by atoms with Gasteiger partial charge < -0.3 is 15.2 Å². The lowest BCUT2D eigenvalue weighted by Crippen LogP contribution is -2.86. The fourth-order valence-corrected chi connectivity index (χ4v) is 5.15. The van der Waals surface area contributed by atoms with Crippen molar-refractivity contribution < 1.29 is 29.0 Å². The molecule has 0 aliphatic carbocycles. The summed E-state index contributed by atoms with van der Waals surface area (Å²) in [5.74, 6) is 2.80. The van der Waals surface area contributed by atoms with E-state index in [9.17, 15) is 24.3 Å². The first-order valence-corrected chi connectivity index (χ1v) is 10.1. The fourth-order valence-electron chi connectivity index (χ4n) is 3.04. The molecule has 28 heavy (non-hydrogen) atoms. The third kappa shape index (κ3) is 3.51. The lowest BCUT2D eigenvalue weighted by Gasteiger charge is -2.56. The van der Waals surface area contributed by atoms with Crippen LogP contribution in [0.5, 0.6) is 0 Å². The molecule has 0 radical (unpaired) electrons. The molecular weight excluding hydrogens is 408 g/mol. The summed E-state index contributed by atoms with van der Waals surface area (Å²) in [5.41, 5.74) is 0.796. The zero-order chi connectivity index (χ0) is 20.5. The summed E-state index contributed by atoms with van der Waals surface area (Å²) >= 11 is 2.62. The van der Waals surface area contributed by atoms with Crippen LogP contribution in [0.2, 0.25) is 0 Å². The van der Waals surface area contributed by atoms with Gasteiger partial charge in [-0.15, -0.1) is 23.1 Å². The number of hydrogen-bond donors (Lipinski definition) is 4. The van der Waals surface area contributed by atoms with Crippen molar-refractivity contribution in [3.8, 4) is 0 Å². The number of carboxylic acid groups (broad SMARTS) is 1. The lowest BCUT2D eigenvalue weighted by molar-refractivity contribution is -0.162. The number of hydrogen-bond acceptors (Lipinski definition) is 9. The van der Waals surface area contributed by atoms with Gasteiger partial charge in [0.25, 0.3) is 5.91 Å². The molecule has 3 heterocycles. The van der Waals surface area contributed by atoms with Gasteiger partial charge >= 0.3 is 11.9 Å². The topological polar surface area (TPSA) is 151 Å². The van der Waals surface area contributed by atoms with Gasteiger partial charge in [-0.3, -0.25) is 25.1 Å². The molecule has 150 valence electrons. The van der Waals surface area contributed by atoms with E-state index >= 15 is 0 Å². The molecule has 12 heteroatoms. The summed E-state index contributed by atoms with van der Waals surface area (Å²) < 4.78 is 4.89. The molecule has 0 aromatic carbocycles. The Bertz CT molecular complexity index is 855. The van der Waals surface area contributed by atoms with E-state index in [1.165, 1.54) is 30.0 Å². The number of ether oxygens (including phenoxy) is 1. The first-order valence-electron chi connectivity index (χ1n) is 8.15. The van der Waals surface area contributed by atoms with Crippen molar-refractivity contribution in [1.29, 1.82) is 0 Å². The van der Waals surface area contributed by atoms with Crippen LogP contribution in [0, 0.1) is 0 Å². The van der Waals surface area contributed by atoms with E-state index in [4.69, 9.17) is 10.6 Å². The first kappa shape index (κ1) is 20.3. The van der Waals surface area contributed by atoms with Crippen LogP contribution in [0.4, 0.5) is 0 Å². The normalized spacial score (nSPS) is 23.7. The number of carbonyl (C=O) groups excluding carboxylic acids is 3. The summed E-state index contributed by atoms with van der Waals surface area (Å²) in [5, 5.41) is 13.3. The molecule has 1 fully saturated rings. The highest BCUT2D eigenvalue weighted by atomic mass is 32.2. The van der Waals surface area contributed by atoms with Crippen LogP contribution in [0.15, 0.2) is 28.8 Å². The van der Waals surface area contributed by atoms with Crippen LogP contribution < -0.4 is 16.6 Å². The van der Waals surface area contributed by atoms with Gasteiger partial charge in [0.05, 0.1) is 6.42 Å². The minimum absolute atomic E-state index is 0.0745. The number of rotatable bonds is 7. The molecule has 0 spiro atoms. The van der Waals surface area contributed by atoms with Gasteiger partial charge in [-0.1, -0.05) is 6.07 Å². The van der Waals surface area contributed by atoms with E-state index in [-0.39, 0.29) is 24.5 Å². The molecule has 2 amide bonds. The second-order valence-corrected chi connectivity index (χ2v) is 8.23. The number of fused-ring (bicyclic) bond motifs is 1. The summed E-state index contributed by atoms with van der Waals surface area (Å²) in [7, 11) is 0. The zero-order valence-corrected chi connectivity index (χ0v) is 16.4. The van der Waals surface area contributed by atoms with Gasteiger partial charge in [0.2, 0.25) is 11.6 Å². The second kappa shape index (κ2) is 7.91. The number of aliphatic carboxylic acids is 1. The van der Waals surface area contributed by atoms with Gasteiger partial charge in [-0.05, 0) is 11.4 Å². The number of nitrogens with zero attached hydrogens (tertiary/aromatic N) is 1. The molecule has 2 atom stereocenters. The maximum Gasteiger partial charge on any atom is 0.352 e. The molecular formula is C16H18N4O6S2. The first-order chi connectivity index (χ1) is 13.3. The van der Waals surface area contributed by atoms with Gasteiger partial charge in [-0.2, -0.15) is 0 Å². The van der Waals surface area contributed by atoms with Crippen LogP contribution in [0.3, 0.4) is 0 Å². The highest BCUT2D eigenvalue weighted by Crippen LogP contribution is 2.44.